The first-order valence-electron chi connectivity index (χ1n) is 10.2. The van der Waals surface area contributed by atoms with Crippen LogP contribution in [-0.2, 0) is 10.1 Å². The minimum Gasteiger partial charge on any atom is -0.493 e. The molecule has 0 aliphatic rings. The standard InChI is InChI=1S/C24H23BrN2O6S/c1-4-32-23-14-18(8-12-22(23)31-3)24(28)27-26-15-17-7-11-21(20(25)13-17)33-34(29,30)19-9-5-16(2)6-10-19/h5-15H,4H2,1-3H3,(H,27,28)/b26-15+. The van der Waals surface area contributed by atoms with Crippen LogP contribution in [0.2, 0.25) is 0 Å². The number of methoxy groups -OCH3 is 1. The molecule has 3 rings (SSSR count). The molecule has 34 heavy (non-hydrogen) atoms. The quantitative estimate of drug-likeness (QED) is 0.237. The van der Waals surface area contributed by atoms with E-state index in [2.05, 4.69) is 26.5 Å². The number of ether oxygens (including phenoxy) is 2. The van der Waals surface area contributed by atoms with E-state index in [1.165, 1.54) is 31.5 Å². The molecule has 0 bridgehead atoms. The van der Waals surface area contributed by atoms with Crippen LogP contribution in [0.1, 0.15) is 28.4 Å². The van der Waals surface area contributed by atoms with Crippen LogP contribution in [0.5, 0.6) is 17.2 Å². The van der Waals surface area contributed by atoms with Gasteiger partial charge >= 0.3 is 10.1 Å². The highest BCUT2D eigenvalue weighted by Gasteiger charge is 2.18. The molecule has 3 aromatic carbocycles. The molecule has 3 aromatic rings. The van der Waals surface area contributed by atoms with E-state index in [1.54, 1.807) is 42.5 Å². The SMILES string of the molecule is CCOc1cc(C(=O)N/N=C/c2ccc(OS(=O)(=O)c3ccc(C)cc3)c(Br)c2)ccc1OC. The molecule has 0 saturated heterocycles. The summed E-state index contributed by atoms with van der Waals surface area (Å²) in [5.74, 6) is 0.687. The summed E-state index contributed by atoms with van der Waals surface area (Å²) in [7, 11) is -2.45. The lowest BCUT2D eigenvalue weighted by molar-refractivity contribution is 0.0954. The Hall–Kier alpha value is -3.37. The van der Waals surface area contributed by atoms with E-state index in [-0.39, 0.29) is 10.6 Å². The largest absolute Gasteiger partial charge is 0.493 e. The first-order valence-corrected chi connectivity index (χ1v) is 12.4. The van der Waals surface area contributed by atoms with Gasteiger partial charge in [-0.1, -0.05) is 17.7 Å². The molecular weight excluding hydrogens is 524 g/mol. The smallest absolute Gasteiger partial charge is 0.339 e. The molecule has 8 nitrogen and oxygen atoms in total. The topological polar surface area (TPSA) is 103 Å². The number of benzene rings is 3. The maximum Gasteiger partial charge on any atom is 0.339 e. The average molecular weight is 547 g/mol. The second kappa shape index (κ2) is 11.2. The summed E-state index contributed by atoms with van der Waals surface area (Å²) in [5, 5.41) is 3.96. The van der Waals surface area contributed by atoms with E-state index in [4.69, 9.17) is 13.7 Å². The molecule has 0 unspecified atom stereocenters. The summed E-state index contributed by atoms with van der Waals surface area (Å²) >= 11 is 3.31. The van der Waals surface area contributed by atoms with Gasteiger partial charge in [-0.25, -0.2) is 5.43 Å². The molecule has 0 fully saturated rings. The number of carbonyl (C=O) groups is 1. The van der Waals surface area contributed by atoms with Crippen molar-refractivity contribution in [2.45, 2.75) is 18.7 Å². The van der Waals surface area contributed by atoms with Gasteiger partial charge in [-0.05, 0) is 83.9 Å². The fraction of sp³-hybridized carbons (Fsp3) is 0.167. The Morgan fingerprint density at radius 1 is 1.03 bits per heavy atom. The van der Waals surface area contributed by atoms with Gasteiger partial charge in [0, 0.05) is 5.56 Å². The number of nitrogens with one attached hydrogen (secondary N) is 1. The molecule has 0 spiro atoms. The molecule has 1 amide bonds. The van der Waals surface area contributed by atoms with Crippen LogP contribution in [0.3, 0.4) is 0 Å². The molecule has 10 heteroatoms. The summed E-state index contributed by atoms with van der Waals surface area (Å²) in [6, 6.07) is 15.9. The number of aryl methyl sites for hydroxylation is 1. The molecule has 0 radical (unpaired) electrons. The predicted octanol–water partition coefficient (Wildman–Crippen LogP) is 4.70. The Morgan fingerprint density at radius 3 is 2.38 bits per heavy atom. The first-order chi connectivity index (χ1) is 16.2. The molecule has 1 N–H and O–H groups in total. The summed E-state index contributed by atoms with van der Waals surface area (Å²) in [6.45, 7) is 4.13. The van der Waals surface area contributed by atoms with Crippen molar-refractivity contribution in [1.82, 2.24) is 5.43 Å². The van der Waals surface area contributed by atoms with Crippen molar-refractivity contribution in [1.29, 1.82) is 0 Å². The van der Waals surface area contributed by atoms with Gasteiger partial charge in [0.25, 0.3) is 5.91 Å². The third kappa shape index (κ3) is 6.36. The third-order valence-corrected chi connectivity index (χ3v) is 6.44. The Kier molecular flexibility index (Phi) is 8.30. The number of carbonyl (C=O) groups excluding carboxylic acids is 1. The Morgan fingerprint density at radius 2 is 1.74 bits per heavy atom. The maximum atomic E-state index is 12.5. The van der Waals surface area contributed by atoms with Crippen LogP contribution in [0.15, 0.2) is 75.1 Å². The van der Waals surface area contributed by atoms with Gasteiger partial charge in [-0.3, -0.25) is 4.79 Å². The number of halogens is 1. The van der Waals surface area contributed by atoms with Crippen LogP contribution in [0.25, 0.3) is 0 Å². The van der Waals surface area contributed by atoms with E-state index in [1.807, 2.05) is 13.8 Å². The van der Waals surface area contributed by atoms with Gasteiger partial charge in [-0.2, -0.15) is 13.5 Å². The highest BCUT2D eigenvalue weighted by atomic mass is 79.9. The predicted molar refractivity (Wildman–Crippen MR) is 132 cm³/mol. The highest BCUT2D eigenvalue weighted by molar-refractivity contribution is 9.10. The number of rotatable bonds is 9. The normalized spacial score (nSPS) is 11.3. The monoisotopic (exact) mass is 546 g/mol. The van der Waals surface area contributed by atoms with Crippen LogP contribution in [-0.4, -0.2) is 34.3 Å². The van der Waals surface area contributed by atoms with Crippen LogP contribution >= 0.6 is 15.9 Å². The lowest BCUT2D eigenvalue weighted by atomic mass is 10.2. The van der Waals surface area contributed by atoms with Crippen molar-refractivity contribution >= 4 is 38.2 Å². The summed E-state index contributed by atoms with van der Waals surface area (Å²) in [4.78, 5) is 12.5. The van der Waals surface area contributed by atoms with Gasteiger partial charge in [0.1, 0.15) is 4.90 Å². The van der Waals surface area contributed by atoms with Gasteiger partial charge in [0.05, 0.1) is 24.4 Å². The van der Waals surface area contributed by atoms with E-state index in [0.29, 0.717) is 33.7 Å². The van der Waals surface area contributed by atoms with Gasteiger partial charge in [0.2, 0.25) is 0 Å². The number of hydrogen-bond acceptors (Lipinski definition) is 7. The van der Waals surface area contributed by atoms with E-state index in [9.17, 15) is 13.2 Å². The Balaban J connectivity index is 1.67. The highest BCUT2D eigenvalue weighted by Crippen LogP contribution is 2.29. The summed E-state index contributed by atoms with van der Waals surface area (Å²) < 4.78 is 41.4. The minimum absolute atomic E-state index is 0.0596. The van der Waals surface area contributed by atoms with Crippen molar-refractivity contribution in [2.24, 2.45) is 5.10 Å². The van der Waals surface area contributed by atoms with E-state index in [0.717, 1.165) is 5.56 Å². The molecule has 0 aliphatic heterocycles. The van der Waals surface area contributed by atoms with Crippen molar-refractivity contribution in [2.75, 3.05) is 13.7 Å². The van der Waals surface area contributed by atoms with Gasteiger partial charge in [0.15, 0.2) is 17.2 Å². The van der Waals surface area contributed by atoms with Crippen LogP contribution in [0, 0.1) is 6.92 Å². The lowest BCUT2D eigenvalue weighted by Gasteiger charge is -2.10. The zero-order valence-electron chi connectivity index (χ0n) is 18.7. The van der Waals surface area contributed by atoms with Crippen molar-refractivity contribution < 1.29 is 26.9 Å². The molecule has 178 valence electrons. The number of hydrogen-bond donors (Lipinski definition) is 1. The number of hydrazone groups is 1. The molecule has 0 aromatic heterocycles. The lowest BCUT2D eigenvalue weighted by Crippen LogP contribution is -2.17. The van der Waals surface area contributed by atoms with Crippen LogP contribution in [0.4, 0.5) is 0 Å². The molecule has 0 saturated carbocycles. The number of amides is 1. The summed E-state index contributed by atoms with van der Waals surface area (Å²) in [5.41, 5.74) is 4.35. The van der Waals surface area contributed by atoms with E-state index < -0.39 is 16.0 Å². The van der Waals surface area contributed by atoms with Crippen molar-refractivity contribution in [3.05, 3.63) is 81.8 Å². The average Bonchev–Trinajstić information content (AvgIpc) is 2.81. The second-order valence-electron chi connectivity index (χ2n) is 7.04. The van der Waals surface area contributed by atoms with Gasteiger partial charge < -0.3 is 13.7 Å². The van der Waals surface area contributed by atoms with Crippen molar-refractivity contribution in [3.8, 4) is 17.2 Å². The molecular formula is C24H23BrN2O6S. The Labute approximate surface area is 206 Å². The Bertz CT molecular complexity index is 1310. The van der Waals surface area contributed by atoms with Crippen molar-refractivity contribution in [3.63, 3.8) is 0 Å². The fourth-order valence-electron chi connectivity index (χ4n) is 2.85. The molecule has 0 heterocycles. The molecule has 0 aliphatic carbocycles. The maximum absolute atomic E-state index is 12.5. The third-order valence-electron chi connectivity index (χ3n) is 4.57. The van der Waals surface area contributed by atoms with Gasteiger partial charge in [-0.15, -0.1) is 0 Å². The molecule has 0 atom stereocenters. The summed E-state index contributed by atoms with van der Waals surface area (Å²) in [6.07, 6.45) is 1.42. The van der Waals surface area contributed by atoms with E-state index >= 15 is 0 Å². The number of nitrogens with zero attached hydrogens (tertiary/aromatic N) is 1. The zero-order valence-corrected chi connectivity index (χ0v) is 21.1. The zero-order chi connectivity index (χ0) is 24.7. The first kappa shape index (κ1) is 25.3. The fourth-order valence-corrected chi connectivity index (χ4v) is 4.38. The second-order valence-corrected chi connectivity index (χ2v) is 9.44. The van der Waals surface area contributed by atoms with Crippen LogP contribution < -0.4 is 19.1 Å². The minimum atomic E-state index is -3.98.